The zero-order chi connectivity index (χ0) is 13.4. The van der Waals surface area contributed by atoms with Crippen LogP contribution in [0.1, 0.15) is 13.3 Å². The quantitative estimate of drug-likeness (QED) is 0.593. The van der Waals surface area contributed by atoms with Gasteiger partial charge in [-0.05, 0) is 30.7 Å². The Morgan fingerprint density at radius 2 is 2.11 bits per heavy atom. The van der Waals surface area contributed by atoms with Gasteiger partial charge in [0, 0.05) is 18.8 Å². The molecule has 1 amide bonds. The van der Waals surface area contributed by atoms with E-state index in [1.54, 1.807) is 35.2 Å². The molecule has 98 valence electrons. The van der Waals surface area contributed by atoms with Gasteiger partial charge >= 0.3 is 0 Å². The molecule has 0 spiro atoms. The normalized spacial score (nSPS) is 9.83. The predicted octanol–water partition coefficient (Wildman–Crippen LogP) is 2.07. The van der Waals surface area contributed by atoms with Crippen molar-refractivity contribution in [2.45, 2.75) is 13.3 Å². The van der Waals surface area contributed by atoms with E-state index in [9.17, 15) is 4.79 Å². The van der Waals surface area contributed by atoms with E-state index in [1.165, 1.54) is 0 Å². The van der Waals surface area contributed by atoms with Crippen LogP contribution in [-0.2, 0) is 4.79 Å². The van der Waals surface area contributed by atoms with Crippen LogP contribution in [0.25, 0.3) is 0 Å². The van der Waals surface area contributed by atoms with Gasteiger partial charge in [-0.2, -0.15) is 0 Å². The molecule has 1 rings (SSSR count). The zero-order valence-electron chi connectivity index (χ0n) is 10.8. The molecule has 0 atom stereocenters. The highest BCUT2D eigenvalue weighted by atomic mass is 16.5. The average Bonchev–Trinajstić information content (AvgIpc) is 2.37. The van der Waals surface area contributed by atoms with Crippen LogP contribution in [0.2, 0.25) is 0 Å². The lowest BCUT2D eigenvalue weighted by Crippen LogP contribution is -2.35. The van der Waals surface area contributed by atoms with Crippen LogP contribution in [0.15, 0.2) is 36.9 Å². The zero-order valence-corrected chi connectivity index (χ0v) is 10.8. The molecule has 0 fully saturated rings. The maximum Gasteiger partial charge on any atom is 0.260 e. The number of nitrogens with zero attached hydrogens (tertiary/aromatic N) is 1. The number of hydrogen-bond donors (Lipinski definition) is 1. The van der Waals surface area contributed by atoms with Gasteiger partial charge in [-0.1, -0.05) is 13.0 Å². The second-order valence-electron chi connectivity index (χ2n) is 3.99. The van der Waals surface area contributed by atoms with Gasteiger partial charge in [0.1, 0.15) is 5.75 Å². The van der Waals surface area contributed by atoms with Gasteiger partial charge in [0.05, 0.1) is 0 Å². The highest BCUT2D eigenvalue weighted by Crippen LogP contribution is 2.13. The Balaban J connectivity index is 2.47. The molecule has 0 aliphatic rings. The van der Waals surface area contributed by atoms with E-state index in [4.69, 9.17) is 10.5 Å². The molecule has 0 bridgehead atoms. The fourth-order valence-electron chi connectivity index (χ4n) is 1.54. The van der Waals surface area contributed by atoms with Gasteiger partial charge in [0.2, 0.25) is 0 Å². The number of hydrogen-bond acceptors (Lipinski definition) is 3. The van der Waals surface area contributed by atoms with E-state index in [0.29, 0.717) is 18.0 Å². The minimum absolute atomic E-state index is 0.0337. The van der Waals surface area contributed by atoms with Crippen molar-refractivity contribution < 1.29 is 9.53 Å². The monoisotopic (exact) mass is 248 g/mol. The second-order valence-corrected chi connectivity index (χ2v) is 3.99. The number of benzene rings is 1. The molecule has 1 aromatic rings. The highest BCUT2D eigenvalue weighted by molar-refractivity contribution is 5.77. The molecule has 0 aliphatic carbocycles. The summed E-state index contributed by atoms with van der Waals surface area (Å²) in [5.74, 6) is 0.612. The van der Waals surface area contributed by atoms with E-state index in [0.717, 1.165) is 13.0 Å². The van der Waals surface area contributed by atoms with Crippen molar-refractivity contribution in [3.63, 3.8) is 0 Å². The summed E-state index contributed by atoms with van der Waals surface area (Å²) in [4.78, 5) is 13.6. The van der Waals surface area contributed by atoms with Gasteiger partial charge in [0.25, 0.3) is 5.91 Å². The summed E-state index contributed by atoms with van der Waals surface area (Å²) < 4.78 is 5.42. The Labute approximate surface area is 108 Å². The third kappa shape index (κ3) is 4.49. The molecule has 0 saturated carbocycles. The Kier molecular flexibility index (Phi) is 5.77. The predicted molar refractivity (Wildman–Crippen MR) is 73.4 cm³/mol. The Morgan fingerprint density at radius 1 is 1.44 bits per heavy atom. The number of nitrogen functional groups attached to an aromatic ring is 1. The fourth-order valence-corrected chi connectivity index (χ4v) is 1.54. The number of rotatable bonds is 7. The largest absolute Gasteiger partial charge is 0.484 e. The number of nitrogens with two attached hydrogens (primary N) is 1. The summed E-state index contributed by atoms with van der Waals surface area (Å²) in [6, 6.07) is 6.99. The lowest BCUT2D eigenvalue weighted by atomic mass is 10.3. The minimum Gasteiger partial charge on any atom is -0.484 e. The first-order valence-corrected chi connectivity index (χ1v) is 6.04. The van der Waals surface area contributed by atoms with Gasteiger partial charge in [-0.3, -0.25) is 4.79 Å². The van der Waals surface area contributed by atoms with E-state index in [-0.39, 0.29) is 12.5 Å². The van der Waals surface area contributed by atoms with Crippen molar-refractivity contribution in [1.29, 1.82) is 0 Å². The molecule has 0 saturated heterocycles. The molecule has 0 aliphatic heterocycles. The molecule has 2 N–H and O–H groups in total. The van der Waals surface area contributed by atoms with E-state index in [2.05, 4.69) is 6.58 Å². The second kappa shape index (κ2) is 7.37. The van der Waals surface area contributed by atoms with Crippen molar-refractivity contribution >= 4 is 11.6 Å². The van der Waals surface area contributed by atoms with Gasteiger partial charge in [-0.25, -0.2) is 0 Å². The van der Waals surface area contributed by atoms with Crippen LogP contribution >= 0.6 is 0 Å². The first-order chi connectivity index (χ1) is 8.67. The summed E-state index contributed by atoms with van der Waals surface area (Å²) in [5, 5.41) is 0. The minimum atomic E-state index is -0.0337. The summed E-state index contributed by atoms with van der Waals surface area (Å²) in [7, 11) is 0. The molecule has 0 unspecified atom stereocenters. The van der Waals surface area contributed by atoms with Crippen LogP contribution in [0.4, 0.5) is 5.69 Å². The fraction of sp³-hybridized carbons (Fsp3) is 0.357. The van der Waals surface area contributed by atoms with Crippen LogP contribution in [0, 0.1) is 0 Å². The Bertz CT molecular complexity index is 387. The van der Waals surface area contributed by atoms with Crippen molar-refractivity contribution in [2.75, 3.05) is 25.4 Å². The number of ether oxygens (including phenoxy) is 1. The average molecular weight is 248 g/mol. The van der Waals surface area contributed by atoms with E-state index in [1.807, 2.05) is 6.92 Å². The number of amides is 1. The van der Waals surface area contributed by atoms with Crippen molar-refractivity contribution in [3.8, 4) is 5.75 Å². The van der Waals surface area contributed by atoms with Crippen LogP contribution in [0.5, 0.6) is 5.75 Å². The molecule has 18 heavy (non-hydrogen) atoms. The van der Waals surface area contributed by atoms with Crippen LogP contribution in [-0.4, -0.2) is 30.5 Å². The van der Waals surface area contributed by atoms with Crippen LogP contribution in [0.3, 0.4) is 0 Å². The maximum absolute atomic E-state index is 11.9. The molecule has 4 heteroatoms. The first-order valence-electron chi connectivity index (χ1n) is 6.04. The molecular weight excluding hydrogens is 228 g/mol. The first kappa shape index (κ1) is 14.1. The molecule has 0 heterocycles. The van der Waals surface area contributed by atoms with Crippen molar-refractivity contribution in [1.82, 2.24) is 4.90 Å². The summed E-state index contributed by atoms with van der Waals surface area (Å²) in [6.07, 6.45) is 2.64. The summed E-state index contributed by atoms with van der Waals surface area (Å²) in [5.41, 5.74) is 6.24. The third-order valence-corrected chi connectivity index (χ3v) is 2.44. The topological polar surface area (TPSA) is 55.6 Å². The highest BCUT2D eigenvalue weighted by Gasteiger charge is 2.11. The molecule has 0 aromatic heterocycles. The Hall–Kier alpha value is -1.97. The molecule has 0 radical (unpaired) electrons. The van der Waals surface area contributed by atoms with Crippen molar-refractivity contribution in [3.05, 3.63) is 36.9 Å². The Morgan fingerprint density at radius 3 is 2.67 bits per heavy atom. The van der Waals surface area contributed by atoms with E-state index >= 15 is 0 Å². The lowest BCUT2D eigenvalue weighted by molar-refractivity contribution is -0.132. The number of anilines is 1. The van der Waals surface area contributed by atoms with Gasteiger partial charge < -0.3 is 15.4 Å². The molecule has 4 nitrogen and oxygen atoms in total. The smallest absolute Gasteiger partial charge is 0.260 e. The van der Waals surface area contributed by atoms with Gasteiger partial charge in [-0.15, -0.1) is 6.58 Å². The van der Waals surface area contributed by atoms with Gasteiger partial charge in [0.15, 0.2) is 6.61 Å². The summed E-state index contributed by atoms with van der Waals surface area (Å²) in [6.45, 7) is 6.99. The third-order valence-electron chi connectivity index (χ3n) is 2.44. The lowest BCUT2D eigenvalue weighted by Gasteiger charge is -2.20. The number of carbonyl (C=O) groups excluding carboxylic acids is 1. The SMILES string of the molecule is C=CCN(CCC)C(=O)COc1ccc(N)cc1. The molecule has 1 aromatic carbocycles. The molecular formula is C14H20N2O2. The van der Waals surface area contributed by atoms with Crippen LogP contribution < -0.4 is 10.5 Å². The summed E-state index contributed by atoms with van der Waals surface area (Å²) >= 11 is 0. The number of carbonyl (C=O) groups is 1. The van der Waals surface area contributed by atoms with Crippen molar-refractivity contribution in [2.24, 2.45) is 0 Å². The maximum atomic E-state index is 11.9. The van der Waals surface area contributed by atoms with E-state index < -0.39 is 0 Å². The standard InChI is InChI=1S/C14H20N2O2/c1-3-9-16(10-4-2)14(17)11-18-13-7-5-12(15)6-8-13/h3,5-8H,1,4,9-11,15H2,2H3.